The number of benzene rings is 2. The summed E-state index contributed by atoms with van der Waals surface area (Å²) in [7, 11) is 0. The Hall–Kier alpha value is -1.91. The van der Waals surface area contributed by atoms with E-state index in [1.165, 1.54) is 18.2 Å². The van der Waals surface area contributed by atoms with Crippen molar-refractivity contribution in [3.05, 3.63) is 69.7 Å². The van der Waals surface area contributed by atoms with Gasteiger partial charge in [0, 0.05) is 17.8 Å². The lowest BCUT2D eigenvalue weighted by atomic mass is 10.2. The molecule has 2 rings (SSSR count). The summed E-state index contributed by atoms with van der Waals surface area (Å²) >= 11 is 11.6. The van der Waals surface area contributed by atoms with Crippen LogP contribution in [0.2, 0.25) is 10.0 Å². The van der Waals surface area contributed by atoms with Crippen LogP contribution in [0.1, 0.15) is 5.56 Å². The van der Waals surface area contributed by atoms with Gasteiger partial charge in [-0.25, -0.2) is 8.78 Å². The lowest BCUT2D eigenvalue weighted by Gasteiger charge is -2.02. The molecule has 0 bridgehead atoms. The van der Waals surface area contributed by atoms with Gasteiger partial charge >= 0.3 is 0 Å². The van der Waals surface area contributed by atoms with Gasteiger partial charge in [0.2, 0.25) is 5.91 Å². The second kappa shape index (κ2) is 6.70. The molecule has 0 radical (unpaired) electrons. The SMILES string of the molecule is O=C(/C=C/c1ccc(Cl)c(Cl)c1)Nc1ccc(F)c(F)c1. The molecule has 0 aliphatic rings. The van der Waals surface area contributed by atoms with Crippen LogP contribution >= 0.6 is 23.2 Å². The number of nitrogens with one attached hydrogen (secondary N) is 1. The largest absolute Gasteiger partial charge is 0.322 e. The number of carbonyl (C=O) groups is 1. The molecule has 0 atom stereocenters. The number of carbonyl (C=O) groups excluding carboxylic acids is 1. The molecule has 0 aromatic heterocycles. The first-order chi connectivity index (χ1) is 9.95. The third kappa shape index (κ3) is 4.28. The molecule has 21 heavy (non-hydrogen) atoms. The molecule has 2 aromatic carbocycles. The summed E-state index contributed by atoms with van der Waals surface area (Å²) < 4.78 is 25.7. The van der Waals surface area contributed by atoms with Gasteiger partial charge in [-0.3, -0.25) is 4.79 Å². The number of amides is 1. The van der Waals surface area contributed by atoms with Crippen molar-refractivity contribution >= 4 is 40.9 Å². The second-order valence-corrected chi connectivity index (χ2v) is 4.94. The summed E-state index contributed by atoms with van der Waals surface area (Å²) in [5.41, 5.74) is 0.850. The van der Waals surface area contributed by atoms with E-state index in [0.717, 1.165) is 12.1 Å². The van der Waals surface area contributed by atoms with Crippen molar-refractivity contribution in [1.29, 1.82) is 0 Å². The zero-order valence-electron chi connectivity index (χ0n) is 10.5. The highest BCUT2D eigenvalue weighted by atomic mass is 35.5. The van der Waals surface area contributed by atoms with Crippen molar-refractivity contribution in [3.63, 3.8) is 0 Å². The average molecular weight is 328 g/mol. The van der Waals surface area contributed by atoms with Crippen LogP contribution in [0.15, 0.2) is 42.5 Å². The quantitative estimate of drug-likeness (QED) is 0.796. The van der Waals surface area contributed by atoms with E-state index in [1.807, 2.05) is 0 Å². The maximum absolute atomic E-state index is 13.0. The van der Waals surface area contributed by atoms with E-state index in [1.54, 1.807) is 18.2 Å². The molecule has 0 unspecified atom stereocenters. The van der Waals surface area contributed by atoms with E-state index in [4.69, 9.17) is 23.2 Å². The van der Waals surface area contributed by atoms with Crippen LogP contribution in [-0.2, 0) is 4.79 Å². The first-order valence-corrected chi connectivity index (χ1v) is 6.60. The Labute approximate surface area is 130 Å². The normalized spacial score (nSPS) is 10.9. The van der Waals surface area contributed by atoms with Crippen LogP contribution in [0.5, 0.6) is 0 Å². The molecule has 1 N–H and O–H groups in total. The molecule has 0 heterocycles. The molecule has 2 aromatic rings. The summed E-state index contributed by atoms with van der Waals surface area (Å²) in [6.45, 7) is 0. The first-order valence-electron chi connectivity index (χ1n) is 5.85. The van der Waals surface area contributed by atoms with E-state index in [9.17, 15) is 13.6 Å². The van der Waals surface area contributed by atoms with Gasteiger partial charge in [-0.05, 0) is 35.9 Å². The molecule has 0 saturated carbocycles. The van der Waals surface area contributed by atoms with Gasteiger partial charge < -0.3 is 5.32 Å². The fourth-order valence-electron chi connectivity index (χ4n) is 1.55. The van der Waals surface area contributed by atoms with Crippen LogP contribution in [0.3, 0.4) is 0 Å². The lowest BCUT2D eigenvalue weighted by molar-refractivity contribution is -0.111. The zero-order valence-corrected chi connectivity index (χ0v) is 12.1. The molecule has 6 heteroatoms. The van der Waals surface area contributed by atoms with Crippen LogP contribution in [-0.4, -0.2) is 5.91 Å². The highest BCUT2D eigenvalue weighted by molar-refractivity contribution is 6.42. The summed E-state index contributed by atoms with van der Waals surface area (Å²) in [5.74, 6) is -2.48. The maximum atomic E-state index is 13.0. The van der Waals surface area contributed by atoms with Gasteiger partial charge in [0.05, 0.1) is 10.0 Å². The Morgan fingerprint density at radius 3 is 2.43 bits per heavy atom. The number of hydrogen-bond acceptors (Lipinski definition) is 1. The van der Waals surface area contributed by atoms with Crippen molar-refractivity contribution in [2.75, 3.05) is 5.32 Å². The number of rotatable bonds is 3. The Morgan fingerprint density at radius 2 is 1.76 bits per heavy atom. The molecule has 0 spiro atoms. The zero-order chi connectivity index (χ0) is 15.4. The highest BCUT2D eigenvalue weighted by Gasteiger charge is 2.04. The Kier molecular flexibility index (Phi) is 4.94. The molecular formula is C15H9Cl2F2NO. The van der Waals surface area contributed by atoms with E-state index in [2.05, 4.69) is 5.32 Å². The fourth-order valence-corrected chi connectivity index (χ4v) is 1.85. The van der Waals surface area contributed by atoms with Crippen molar-refractivity contribution in [2.24, 2.45) is 0 Å². The average Bonchev–Trinajstić information content (AvgIpc) is 2.44. The minimum atomic E-state index is -1.03. The Balaban J connectivity index is 2.05. The van der Waals surface area contributed by atoms with Crippen LogP contribution in [0.4, 0.5) is 14.5 Å². The van der Waals surface area contributed by atoms with Gasteiger partial charge in [0.1, 0.15) is 0 Å². The van der Waals surface area contributed by atoms with Crippen LogP contribution in [0.25, 0.3) is 6.08 Å². The number of halogens is 4. The summed E-state index contributed by atoms with van der Waals surface area (Å²) in [6, 6.07) is 8.01. The second-order valence-electron chi connectivity index (χ2n) is 4.13. The minimum Gasteiger partial charge on any atom is -0.322 e. The monoisotopic (exact) mass is 327 g/mol. The summed E-state index contributed by atoms with van der Waals surface area (Å²) in [6.07, 6.45) is 2.78. The molecule has 108 valence electrons. The van der Waals surface area contributed by atoms with Crippen LogP contribution < -0.4 is 5.32 Å². The van der Waals surface area contributed by atoms with Gasteiger partial charge in [0.15, 0.2) is 11.6 Å². The fraction of sp³-hybridized carbons (Fsp3) is 0. The maximum Gasteiger partial charge on any atom is 0.248 e. The van der Waals surface area contributed by atoms with E-state index >= 15 is 0 Å². The van der Waals surface area contributed by atoms with Crippen molar-refractivity contribution in [3.8, 4) is 0 Å². The molecule has 0 aliphatic heterocycles. The smallest absolute Gasteiger partial charge is 0.248 e. The lowest BCUT2D eigenvalue weighted by Crippen LogP contribution is -2.08. The predicted molar refractivity (Wildman–Crippen MR) is 80.5 cm³/mol. The molecule has 0 fully saturated rings. The molecule has 0 aliphatic carbocycles. The third-order valence-corrected chi connectivity index (χ3v) is 3.30. The molecule has 2 nitrogen and oxygen atoms in total. The standard InChI is InChI=1S/C15H9Cl2F2NO/c16-11-4-1-9(7-12(11)17)2-6-15(21)20-10-3-5-13(18)14(19)8-10/h1-8H,(H,20,21)/b6-2+. The number of hydrogen-bond donors (Lipinski definition) is 1. The van der Waals surface area contributed by atoms with E-state index in [0.29, 0.717) is 15.6 Å². The summed E-state index contributed by atoms with van der Waals surface area (Å²) in [4.78, 5) is 11.7. The summed E-state index contributed by atoms with van der Waals surface area (Å²) in [5, 5.41) is 3.21. The highest BCUT2D eigenvalue weighted by Crippen LogP contribution is 2.23. The van der Waals surface area contributed by atoms with Gasteiger partial charge in [-0.15, -0.1) is 0 Å². The van der Waals surface area contributed by atoms with Gasteiger partial charge in [-0.1, -0.05) is 29.3 Å². The topological polar surface area (TPSA) is 29.1 Å². The predicted octanol–water partition coefficient (Wildman–Crippen LogP) is 4.92. The van der Waals surface area contributed by atoms with E-state index < -0.39 is 17.5 Å². The Bertz CT molecular complexity index is 717. The van der Waals surface area contributed by atoms with Crippen LogP contribution in [0, 0.1) is 11.6 Å². The van der Waals surface area contributed by atoms with Gasteiger partial charge in [-0.2, -0.15) is 0 Å². The number of anilines is 1. The van der Waals surface area contributed by atoms with E-state index in [-0.39, 0.29) is 5.69 Å². The Morgan fingerprint density at radius 1 is 1.00 bits per heavy atom. The molecule has 1 amide bonds. The first kappa shape index (κ1) is 15.5. The van der Waals surface area contributed by atoms with Crippen molar-refractivity contribution < 1.29 is 13.6 Å². The molecular weight excluding hydrogens is 319 g/mol. The van der Waals surface area contributed by atoms with Crippen molar-refractivity contribution in [2.45, 2.75) is 0 Å². The molecule has 0 saturated heterocycles. The third-order valence-electron chi connectivity index (χ3n) is 2.56. The minimum absolute atomic E-state index is 0.165. The van der Waals surface area contributed by atoms with Gasteiger partial charge in [0.25, 0.3) is 0 Å². The van der Waals surface area contributed by atoms with Crippen molar-refractivity contribution in [1.82, 2.24) is 0 Å².